The molecular weight excluding hydrogens is 668 g/mol. The van der Waals surface area contributed by atoms with E-state index < -0.39 is 42.1 Å². The lowest BCUT2D eigenvalue weighted by molar-refractivity contribution is -0.275. The van der Waals surface area contributed by atoms with Crippen LogP contribution in [0, 0.1) is 0 Å². The molecule has 0 aliphatic carbocycles. The number of benzene rings is 4. The summed E-state index contributed by atoms with van der Waals surface area (Å²) < 4.78 is 88.0. The van der Waals surface area contributed by atoms with Gasteiger partial charge in [0, 0.05) is 28.3 Å². The highest BCUT2D eigenvalue weighted by Crippen LogP contribution is 2.39. The van der Waals surface area contributed by atoms with Crippen LogP contribution in [0.1, 0.15) is 35.3 Å². The number of hydrogen-bond donors (Lipinski definition) is 2. The van der Waals surface area contributed by atoms with Gasteiger partial charge in [-0.3, -0.25) is 14.3 Å². The molecule has 0 saturated carbocycles. The summed E-state index contributed by atoms with van der Waals surface area (Å²) in [6.45, 7) is 1.72. The molecule has 250 valence electrons. The van der Waals surface area contributed by atoms with E-state index in [9.17, 15) is 35.9 Å². The Kier molecular flexibility index (Phi) is 9.57. The van der Waals surface area contributed by atoms with E-state index in [1.54, 1.807) is 41.9 Å². The number of halogens is 7. The molecule has 5 aromatic rings. The SMILES string of the molecule is C[C@@H](c1ccc(C(=O)NCCC(=O)O)cc1)n1nc(-c2cc(Cl)ccc2OC(F)(F)F)cc1-c1ccc2cc(OC(F)(F)F)ccc2c1. The molecule has 15 heteroatoms. The molecule has 0 fully saturated rings. The Bertz CT molecular complexity index is 1980. The smallest absolute Gasteiger partial charge is 0.481 e. The van der Waals surface area contributed by atoms with E-state index >= 15 is 0 Å². The second-order valence-corrected chi connectivity index (χ2v) is 11.0. The van der Waals surface area contributed by atoms with E-state index in [2.05, 4.69) is 19.9 Å². The number of carboxylic acids is 1. The first-order valence-electron chi connectivity index (χ1n) is 14.1. The van der Waals surface area contributed by atoms with Gasteiger partial charge in [-0.25, -0.2) is 0 Å². The van der Waals surface area contributed by atoms with Gasteiger partial charge in [-0.2, -0.15) is 5.10 Å². The number of nitrogens with one attached hydrogen (secondary N) is 1. The highest BCUT2D eigenvalue weighted by molar-refractivity contribution is 6.31. The number of carbonyl (C=O) groups is 2. The first-order chi connectivity index (χ1) is 22.6. The lowest BCUT2D eigenvalue weighted by Gasteiger charge is -2.17. The van der Waals surface area contributed by atoms with Gasteiger partial charge in [-0.05, 0) is 77.9 Å². The van der Waals surface area contributed by atoms with Crippen molar-refractivity contribution < 1.29 is 50.5 Å². The molecule has 48 heavy (non-hydrogen) atoms. The summed E-state index contributed by atoms with van der Waals surface area (Å²) in [6.07, 6.45) is -10.1. The van der Waals surface area contributed by atoms with Crippen molar-refractivity contribution in [2.75, 3.05) is 6.54 Å². The van der Waals surface area contributed by atoms with Crippen LogP contribution in [0.3, 0.4) is 0 Å². The zero-order chi connectivity index (χ0) is 34.8. The lowest BCUT2D eigenvalue weighted by atomic mass is 10.0. The summed E-state index contributed by atoms with van der Waals surface area (Å²) in [6, 6.07) is 19.7. The minimum Gasteiger partial charge on any atom is -0.481 e. The molecule has 0 saturated heterocycles. The molecule has 1 atom stereocenters. The number of hydrogen-bond acceptors (Lipinski definition) is 5. The predicted molar refractivity (Wildman–Crippen MR) is 164 cm³/mol. The maximum absolute atomic E-state index is 13.3. The average Bonchev–Trinajstić information content (AvgIpc) is 3.45. The van der Waals surface area contributed by atoms with Gasteiger partial charge in [0.05, 0.1) is 23.9 Å². The van der Waals surface area contributed by atoms with Gasteiger partial charge in [0.15, 0.2) is 0 Å². The number of alkyl halides is 6. The molecule has 0 bridgehead atoms. The summed E-state index contributed by atoms with van der Waals surface area (Å²) in [7, 11) is 0. The maximum Gasteiger partial charge on any atom is 0.573 e. The Morgan fingerprint density at radius 1 is 0.875 bits per heavy atom. The van der Waals surface area contributed by atoms with Crippen molar-refractivity contribution in [2.45, 2.75) is 32.1 Å². The standard InChI is InChI=1S/C33H24ClF6N3O5/c1-18(19-2-4-20(5-3-19)31(46)41-13-12-30(44)45)43-28(17-27(42-43)26-16-24(34)9-11-29(26)48-33(38,39)40)23-7-6-22-15-25(47-32(35,36)37)10-8-21(22)14-23/h2-11,14-18H,12-13H2,1H3,(H,41,46)(H,44,45)/t18-/m0/s1. The number of amides is 1. The molecule has 1 aromatic heterocycles. The Labute approximate surface area is 273 Å². The van der Waals surface area contributed by atoms with E-state index in [-0.39, 0.29) is 34.8 Å². The molecule has 1 heterocycles. The molecule has 0 unspecified atom stereocenters. The van der Waals surface area contributed by atoms with Crippen molar-refractivity contribution in [1.29, 1.82) is 0 Å². The first-order valence-corrected chi connectivity index (χ1v) is 14.5. The number of ether oxygens (including phenoxy) is 2. The fourth-order valence-electron chi connectivity index (χ4n) is 4.97. The van der Waals surface area contributed by atoms with Gasteiger partial charge in [-0.15, -0.1) is 26.3 Å². The van der Waals surface area contributed by atoms with Gasteiger partial charge in [0.25, 0.3) is 5.91 Å². The van der Waals surface area contributed by atoms with Gasteiger partial charge in [-0.1, -0.05) is 41.9 Å². The Hall–Kier alpha value is -5.24. The number of nitrogens with zero attached hydrogens (tertiary/aromatic N) is 2. The summed E-state index contributed by atoms with van der Waals surface area (Å²) in [5.74, 6) is -2.48. The number of aromatic nitrogens is 2. The maximum atomic E-state index is 13.3. The number of rotatable bonds is 10. The van der Waals surface area contributed by atoms with Crippen molar-refractivity contribution in [2.24, 2.45) is 0 Å². The van der Waals surface area contributed by atoms with Crippen molar-refractivity contribution in [3.8, 4) is 34.0 Å². The van der Waals surface area contributed by atoms with Crippen molar-refractivity contribution >= 4 is 34.2 Å². The normalized spacial score (nSPS) is 12.5. The Balaban J connectivity index is 1.57. The fourth-order valence-corrected chi connectivity index (χ4v) is 5.14. The zero-order valence-corrected chi connectivity index (χ0v) is 25.5. The van der Waals surface area contributed by atoms with E-state index in [4.69, 9.17) is 16.7 Å². The minimum absolute atomic E-state index is 0.0462. The lowest BCUT2D eigenvalue weighted by Crippen LogP contribution is -2.26. The van der Waals surface area contributed by atoms with Crippen molar-refractivity contribution in [1.82, 2.24) is 15.1 Å². The van der Waals surface area contributed by atoms with Crippen LogP contribution in [0.15, 0.2) is 84.9 Å². The minimum atomic E-state index is -5.00. The number of aliphatic carboxylic acids is 1. The summed E-state index contributed by atoms with van der Waals surface area (Å²) in [5, 5.41) is 17.1. The van der Waals surface area contributed by atoms with Crippen LogP contribution in [0.2, 0.25) is 5.02 Å². The second kappa shape index (κ2) is 13.5. The molecule has 8 nitrogen and oxygen atoms in total. The van der Waals surface area contributed by atoms with Crippen LogP contribution in [-0.4, -0.2) is 46.0 Å². The van der Waals surface area contributed by atoms with Gasteiger partial charge >= 0.3 is 18.7 Å². The molecule has 0 aliphatic rings. The molecule has 2 N–H and O–H groups in total. The monoisotopic (exact) mass is 691 g/mol. The summed E-state index contributed by atoms with van der Waals surface area (Å²) >= 11 is 6.15. The van der Waals surface area contributed by atoms with Crippen LogP contribution in [0.25, 0.3) is 33.3 Å². The fraction of sp³-hybridized carbons (Fsp3) is 0.182. The second-order valence-electron chi connectivity index (χ2n) is 10.5. The zero-order valence-electron chi connectivity index (χ0n) is 24.7. The third-order valence-electron chi connectivity index (χ3n) is 7.17. The van der Waals surface area contributed by atoms with E-state index in [0.717, 1.165) is 12.1 Å². The topological polar surface area (TPSA) is 103 Å². The Morgan fingerprint density at radius 2 is 1.54 bits per heavy atom. The number of carbonyl (C=O) groups excluding carboxylic acids is 1. The van der Waals surface area contributed by atoms with Crippen molar-refractivity contribution in [3.63, 3.8) is 0 Å². The molecule has 0 radical (unpaired) electrons. The van der Waals surface area contributed by atoms with Crippen LogP contribution in [0.4, 0.5) is 26.3 Å². The van der Waals surface area contributed by atoms with E-state index in [0.29, 0.717) is 27.6 Å². The third-order valence-corrected chi connectivity index (χ3v) is 7.40. The summed E-state index contributed by atoms with van der Waals surface area (Å²) in [4.78, 5) is 23.2. The largest absolute Gasteiger partial charge is 0.573 e. The Morgan fingerprint density at radius 3 is 2.21 bits per heavy atom. The molecule has 0 aliphatic heterocycles. The van der Waals surface area contributed by atoms with Crippen molar-refractivity contribution in [3.05, 3.63) is 101 Å². The van der Waals surface area contributed by atoms with Crippen LogP contribution < -0.4 is 14.8 Å². The van der Waals surface area contributed by atoms with E-state index in [1.165, 1.54) is 42.5 Å². The van der Waals surface area contributed by atoms with Crippen LogP contribution >= 0.6 is 11.6 Å². The molecular formula is C33H24ClF6N3O5. The molecule has 5 rings (SSSR count). The third kappa shape index (κ3) is 8.37. The average molecular weight is 692 g/mol. The van der Waals surface area contributed by atoms with Crippen LogP contribution in [0.5, 0.6) is 11.5 Å². The van der Waals surface area contributed by atoms with Gasteiger partial charge in [0.1, 0.15) is 11.5 Å². The number of carboxylic acid groups (broad SMARTS) is 1. The number of fused-ring (bicyclic) bond motifs is 1. The van der Waals surface area contributed by atoms with Gasteiger partial charge in [0.2, 0.25) is 0 Å². The molecule has 4 aromatic carbocycles. The predicted octanol–water partition coefficient (Wildman–Crippen LogP) is 8.63. The molecule has 0 spiro atoms. The quantitative estimate of drug-likeness (QED) is 0.142. The molecule has 1 amide bonds. The highest BCUT2D eigenvalue weighted by atomic mass is 35.5. The van der Waals surface area contributed by atoms with Crippen LogP contribution in [-0.2, 0) is 4.79 Å². The first kappa shape index (κ1) is 34.1. The highest BCUT2D eigenvalue weighted by Gasteiger charge is 2.33. The van der Waals surface area contributed by atoms with Gasteiger partial charge < -0.3 is 19.9 Å². The van der Waals surface area contributed by atoms with E-state index in [1.807, 2.05) is 0 Å². The summed E-state index contributed by atoms with van der Waals surface area (Å²) in [5.41, 5.74) is 1.93.